The normalized spacial score (nSPS) is 28.0. The van der Waals surface area contributed by atoms with E-state index in [4.69, 9.17) is 23.7 Å². The van der Waals surface area contributed by atoms with Crippen LogP contribution in [0.4, 0.5) is 0 Å². The van der Waals surface area contributed by atoms with Gasteiger partial charge in [0.15, 0.2) is 18.3 Å². The molecule has 9 nitrogen and oxygen atoms in total. The molecule has 0 N–H and O–H groups in total. The molecule has 10 heteroatoms. The molecule has 1 aliphatic rings. The van der Waals surface area contributed by atoms with Crippen molar-refractivity contribution in [1.82, 2.24) is 0 Å². The quantitative estimate of drug-likeness (QED) is 0.363. The lowest BCUT2D eigenvalue weighted by Crippen LogP contribution is -2.67. The van der Waals surface area contributed by atoms with Crippen LogP contribution in [0.3, 0.4) is 0 Å². The summed E-state index contributed by atoms with van der Waals surface area (Å²) in [4.78, 5) is 46.2. The molecule has 0 saturated carbocycles. The molecular formula is C17H28O9Si. The number of carbonyl (C=O) groups excluding carboxylic acids is 4. The molecule has 0 radical (unpaired) electrons. The summed E-state index contributed by atoms with van der Waals surface area (Å²) in [6, 6.07) is 0. The topological polar surface area (TPSA) is 114 Å². The van der Waals surface area contributed by atoms with Gasteiger partial charge in [-0.3, -0.25) is 19.2 Å². The Balaban J connectivity index is 3.36. The molecule has 0 amide bonds. The van der Waals surface area contributed by atoms with E-state index in [1.807, 2.05) is 19.6 Å². The molecule has 1 fully saturated rings. The monoisotopic (exact) mass is 404 g/mol. The molecule has 1 aliphatic heterocycles. The predicted molar refractivity (Wildman–Crippen MR) is 95.3 cm³/mol. The van der Waals surface area contributed by atoms with Gasteiger partial charge in [0.2, 0.25) is 0 Å². The van der Waals surface area contributed by atoms with Crippen molar-refractivity contribution in [3.63, 3.8) is 0 Å². The average molecular weight is 404 g/mol. The van der Waals surface area contributed by atoms with Gasteiger partial charge >= 0.3 is 23.9 Å². The van der Waals surface area contributed by atoms with Crippen molar-refractivity contribution in [2.45, 2.75) is 77.5 Å². The van der Waals surface area contributed by atoms with E-state index in [9.17, 15) is 19.2 Å². The van der Waals surface area contributed by atoms with Crippen molar-refractivity contribution in [3.8, 4) is 0 Å². The van der Waals surface area contributed by atoms with Crippen LogP contribution in [-0.4, -0.2) is 68.7 Å². The van der Waals surface area contributed by atoms with Crippen LogP contribution in [-0.2, 0) is 42.9 Å². The smallest absolute Gasteiger partial charge is 0.303 e. The molecule has 0 aliphatic carbocycles. The predicted octanol–water partition coefficient (Wildman–Crippen LogP) is 0.989. The lowest BCUT2D eigenvalue weighted by Gasteiger charge is -2.48. The first-order chi connectivity index (χ1) is 12.3. The summed E-state index contributed by atoms with van der Waals surface area (Å²) >= 11 is 0. The van der Waals surface area contributed by atoms with Crippen LogP contribution in [0.5, 0.6) is 0 Å². The summed E-state index contributed by atoms with van der Waals surface area (Å²) < 4.78 is 27.2. The van der Waals surface area contributed by atoms with Crippen molar-refractivity contribution in [2.75, 3.05) is 6.61 Å². The highest BCUT2D eigenvalue weighted by molar-refractivity contribution is 6.77. The van der Waals surface area contributed by atoms with Gasteiger partial charge in [-0.25, -0.2) is 0 Å². The Morgan fingerprint density at radius 3 is 1.59 bits per heavy atom. The van der Waals surface area contributed by atoms with Gasteiger partial charge in [-0.15, -0.1) is 0 Å². The second kappa shape index (κ2) is 9.31. The van der Waals surface area contributed by atoms with E-state index in [0.717, 1.165) is 0 Å². The van der Waals surface area contributed by atoms with Crippen LogP contribution in [0.15, 0.2) is 0 Å². The lowest BCUT2D eigenvalue weighted by molar-refractivity contribution is -0.240. The van der Waals surface area contributed by atoms with Gasteiger partial charge in [0, 0.05) is 27.7 Å². The van der Waals surface area contributed by atoms with Gasteiger partial charge in [0.1, 0.15) is 12.7 Å². The highest BCUT2D eigenvalue weighted by Crippen LogP contribution is 2.33. The van der Waals surface area contributed by atoms with Crippen LogP contribution >= 0.6 is 0 Å². The van der Waals surface area contributed by atoms with E-state index in [-0.39, 0.29) is 6.61 Å². The van der Waals surface area contributed by atoms with Crippen molar-refractivity contribution < 1.29 is 42.9 Å². The minimum absolute atomic E-state index is 0.196. The lowest BCUT2D eigenvalue weighted by atomic mass is 9.99. The van der Waals surface area contributed by atoms with E-state index in [2.05, 4.69) is 0 Å². The summed E-state index contributed by atoms with van der Waals surface area (Å²) in [6.45, 7) is 10.7. The first-order valence-electron chi connectivity index (χ1n) is 8.63. The van der Waals surface area contributed by atoms with E-state index < -0.39 is 62.1 Å². The van der Waals surface area contributed by atoms with Crippen molar-refractivity contribution in [2.24, 2.45) is 0 Å². The van der Waals surface area contributed by atoms with Gasteiger partial charge in [0.05, 0.1) is 13.8 Å². The fraction of sp³-hybridized carbons (Fsp3) is 0.765. The van der Waals surface area contributed by atoms with Crippen LogP contribution in [0.1, 0.15) is 27.7 Å². The Bertz CT molecular complexity index is 583. The maximum atomic E-state index is 11.7. The van der Waals surface area contributed by atoms with E-state index in [1.54, 1.807) is 0 Å². The zero-order valence-corrected chi connectivity index (χ0v) is 17.8. The minimum Gasteiger partial charge on any atom is -0.463 e. The molecule has 0 bridgehead atoms. The zero-order valence-electron chi connectivity index (χ0n) is 16.8. The van der Waals surface area contributed by atoms with Crippen molar-refractivity contribution in [1.29, 1.82) is 0 Å². The fourth-order valence-corrected chi connectivity index (χ4v) is 4.75. The Hall–Kier alpha value is -1.94. The first kappa shape index (κ1) is 23.1. The summed E-state index contributed by atoms with van der Waals surface area (Å²) in [5.41, 5.74) is -0.571. The molecule has 0 unspecified atom stereocenters. The number of esters is 4. The summed E-state index contributed by atoms with van der Waals surface area (Å²) in [6.07, 6.45) is -3.99. The second-order valence-corrected chi connectivity index (χ2v) is 12.8. The van der Waals surface area contributed by atoms with Crippen LogP contribution in [0, 0.1) is 0 Å². The molecule has 5 atom stereocenters. The maximum Gasteiger partial charge on any atom is 0.303 e. The van der Waals surface area contributed by atoms with Gasteiger partial charge < -0.3 is 23.7 Å². The SMILES string of the molecule is CC(=O)OC[C@H]1O[C@H]([Si](C)(C)C)[C@H](OC(C)=O)[C@@H](OC(C)=O)[C@@H]1OC(C)=O. The van der Waals surface area contributed by atoms with Crippen LogP contribution in [0.25, 0.3) is 0 Å². The highest BCUT2D eigenvalue weighted by Gasteiger charge is 2.55. The van der Waals surface area contributed by atoms with Gasteiger partial charge in [0.25, 0.3) is 0 Å². The zero-order chi connectivity index (χ0) is 20.9. The summed E-state index contributed by atoms with van der Waals surface area (Å²) in [5.74, 6) is -2.38. The summed E-state index contributed by atoms with van der Waals surface area (Å²) in [7, 11) is -2.12. The Kier molecular flexibility index (Phi) is 7.97. The molecule has 154 valence electrons. The third kappa shape index (κ3) is 6.94. The molecule has 27 heavy (non-hydrogen) atoms. The average Bonchev–Trinajstić information content (AvgIpc) is 2.46. The van der Waals surface area contributed by atoms with Gasteiger partial charge in [-0.1, -0.05) is 19.6 Å². The number of carbonyl (C=O) groups is 4. The molecular weight excluding hydrogens is 376 g/mol. The van der Waals surface area contributed by atoms with E-state index in [1.165, 1.54) is 27.7 Å². The van der Waals surface area contributed by atoms with Gasteiger partial charge in [-0.05, 0) is 0 Å². The number of ether oxygens (including phenoxy) is 5. The largest absolute Gasteiger partial charge is 0.463 e. The van der Waals surface area contributed by atoms with Crippen molar-refractivity contribution in [3.05, 3.63) is 0 Å². The minimum atomic E-state index is -2.12. The Morgan fingerprint density at radius 1 is 0.741 bits per heavy atom. The van der Waals surface area contributed by atoms with Crippen molar-refractivity contribution >= 4 is 32.0 Å². The fourth-order valence-electron chi connectivity index (χ4n) is 2.93. The molecule has 1 rings (SSSR count). The van der Waals surface area contributed by atoms with Crippen LogP contribution in [0.2, 0.25) is 19.6 Å². The molecule has 0 spiro atoms. The van der Waals surface area contributed by atoms with E-state index in [0.29, 0.717) is 0 Å². The maximum absolute atomic E-state index is 11.7. The Labute approximate surface area is 159 Å². The molecule has 0 aromatic rings. The van der Waals surface area contributed by atoms with Gasteiger partial charge in [-0.2, -0.15) is 0 Å². The standard InChI is InChI=1S/C17H28O9Si/c1-9(18)22-8-13-14(23-10(2)19)15(24-11(3)20)16(25-12(4)21)17(26-13)27(5,6)7/h13-17H,8H2,1-7H3/t13-,14-,15+,16-,17-/m1/s1. The molecule has 0 aromatic carbocycles. The summed E-state index contributed by atoms with van der Waals surface area (Å²) in [5, 5.41) is 0. The highest BCUT2D eigenvalue weighted by atomic mass is 28.3. The molecule has 1 saturated heterocycles. The van der Waals surface area contributed by atoms with E-state index >= 15 is 0 Å². The third-order valence-corrected chi connectivity index (χ3v) is 6.02. The first-order valence-corrected chi connectivity index (χ1v) is 12.2. The number of rotatable bonds is 6. The Morgan fingerprint density at radius 2 is 1.19 bits per heavy atom. The number of hydrogen-bond acceptors (Lipinski definition) is 9. The molecule has 1 heterocycles. The third-order valence-electron chi connectivity index (χ3n) is 3.84. The second-order valence-electron chi connectivity index (χ2n) is 7.49. The molecule has 0 aromatic heterocycles. The number of hydrogen-bond donors (Lipinski definition) is 0. The van der Waals surface area contributed by atoms with Crippen LogP contribution < -0.4 is 0 Å².